The molecule has 4 nitrogen and oxygen atoms in total. The molecule has 3 aliphatic rings. The molecule has 0 saturated carbocycles. The number of carbonyl (C=O) groups excluding carboxylic acids is 1. The molecule has 0 aliphatic carbocycles. The van der Waals surface area contributed by atoms with Gasteiger partial charge in [0.15, 0.2) is 0 Å². The summed E-state index contributed by atoms with van der Waals surface area (Å²) in [6.45, 7) is 0.974. The van der Waals surface area contributed by atoms with Gasteiger partial charge in [0, 0.05) is 12.1 Å². The number of nitrogens with zero attached hydrogens (tertiary/aromatic N) is 1. The van der Waals surface area contributed by atoms with Crippen molar-refractivity contribution in [2.45, 2.75) is 69.2 Å². The maximum atomic E-state index is 12.5. The lowest BCUT2D eigenvalue weighted by atomic mass is 9.97. The van der Waals surface area contributed by atoms with E-state index in [1.807, 2.05) is 0 Å². The van der Waals surface area contributed by atoms with Crippen molar-refractivity contribution in [3.05, 3.63) is 0 Å². The zero-order valence-electron chi connectivity index (χ0n) is 10.3. The standard InChI is InChI=1S/C13H22N2O2/c16-11-7-9-4-5-10(8-11)15(9)13(17)12-3-1-2-6-14-12/h9-12,14,16H,1-8H2. The summed E-state index contributed by atoms with van der Waals surface area (Å²) in [6, 6.07) is 0.655. The molecule has 3 fully saturated rings. The lowest BCUT2D eigenvalue weighted by Gasteiger charge is -2.40. The fraction of sp³-hybridized carbons (Fsp3) is 0.923. The number of piperidine rings is 2. The Bertz CT molecular complexity index is 288. The first-order chi connectivity index (χ1) is 8.25. The largest absolute Gasteiger partial charge is 0.393 e. The predicted molar refractivity (Wildman–Crippen MR) is 64.5 cm³/mol. The average molecular weight is 238 g/mol. The molecule has 0 aromatic carbocycles. The quantitative estimate of drug-likeness (QED) is 0.705. The molecule has 3 unspecified atom stereocenters. The minimum absolute atomic E-state index is 0.0436. The number of rotatable bonds is 1. The van der Waals surface area contributed by atoms with Gasteiger partial charge >= 0.3 is 0 Å². The van der Waals surface area contributed by atoms with E-state index in [4.69, 9.17) is 0 Å². The topological polar surface area (TPSA) is 52.6 Å². The molecule has 1 amide bonds. The van der Waals surface area contributed by atoms with Gasteiger partial charge in [0.2, 0.25) is 5.91 Å². The van der Waals surface area contributed by atoms with Crippen LogP contribution in [0.3, 0.4) is 0 Å². The second kappa shape index (κ2) is 4.58. The van der Waals surface area contributed by atoms with Gasteiger partial charge in [-0.25, -0.2) is 0 Å². The molecule has 17 heavy (non-hydrogen) atoms. The smallest absolute Gasteiger partial charge is 0.240 e. The van der Waals surface area contributed by atoms with Crippen molar-refractivity contribution in [1.82, 2.24) is 10.2 Å². The van der Waals surface area contributed by atoms with Crippen LogP contribution in [0, 0.1) is 0 Å². The normalized spacial score (nSPS) is 41.6. The number of fused-ring (bicyclic) bond motifs is 2. The van der Waals surface area contributed by atoms with E-state index in [0.29, 0.717) is 18.0 Å². The highest BCUT2D eigenvalue weighted by Gasteiger charge is 2.44. The Balaban J connectivity index is 1.69. The summed E-state index contributed by atoms with van der Waals surface area (Å²) in [5, 5.41) is 13.1. The number of carbonyl (C=O) groups is 1. The zero-order chi connectivity index (χ0) is 11.8. The molecule has 3 atom stereocenters. The van der Waals surface area contributed by atoms with Crippen molar-refractivity contribution in [2.75, 3.05) is 6.54 Å². The maximum absolute atomic E-state index is 12.5. The van der Waals surface area contributed by atoms with Crippen LogP contribution in [0.25, 0.3) is 0 Å². The van der Waals surface area contributed by atoms with Crippen LogP contribution in [0.2, 0.25) is 0 Å². The number of aliphatic hydroxyl groups excluding tert-OH is 1. The van der Waals surface area contributed by atoms with E-state index in [1.54, 1.807) is 0 Å². The van der Waals surface area contributed by atoms with Crippen molar-refractivity contribution in [3.63, 3.8) is 0 Å². The van der Waals surface area contributed by atoms with E-state index >= 15 is 0 Å². The molecule has 3 aliphatic heterocycles. The van der Waals surface area contributed by atoms with Crippen molar-refractivity contribution in [2.24, 2.45) is 0 Å². The molecular formula is C13H22N2O2. The minimum atomic E-state index is -0.184. The molecule has 2 bridgehead atoms. The highest BCUT2D eigenvalue weighted by Crippen LogP contribution is 2.36. The Hall–Kier alpha value is -0.610. The highest BCUT2D eigenvalue weighted by molar-refractivity contribution is 5.83. The Labute approximate surface area is 102 Å². The second-order valence-corrected chi connectivity index (χ2v) is 5.76. The van der Waals surface area contributed by atoms with E-state index in [9.17, 15) is 9.90 Å². The van der Waals surface area contributed by atoms with Gasteiger partial charge in [-0.2, -0.15) is 0 Å². The van der Waals surface area contributed by atoms with Crippen LogP contribution in [0.15, 0.2) is 0 Å². The van der Waals surface area contributed by atoms with Gasteiger partial charge in [-0.1, -0.05) is 6.42 Å². The molecule has 0 radical (unpaired) electrons. The van der Waals surface area contributed by atoms with Gasteiger partial charge in [-0.3, -0.25) is 4.79 Å². The molecule has 0 aromatic rings. The van der Waals surface area contributed by atoms with Crippen LogP contribution in [0.4, 0.5) is 0 Å². The third-order valence-electron chi connectivity index (χ3n) is 4.57. The Morgan fingerprint density at radius 3 is 2.41 bits per heavy atom. The lowest BCUT2D eigenvalue weighted by Crippen LogP contribution is -2.55. The Kier molecular flexibility index (Phi) is 3.09. The van der Waals surface area contributed by atoms with Gasteiger partial charge in [0.1, 0.15) is 0 Å². The van der Waals surface area contributed by atoms with Crippen molar-refractivity contribution in [3.8, 4) is 0 Å². The van der Waals surface area contributed by atoms with Crippen LogP contribution < -0.4 is 5.32 Å². The maximum Gasteiger partial charge on any atom is 0.240 e. The van der Waals surface area contributed by atoms with Crippen molar-refractivity contribution < 1.29 is 9.90 Å². The first-order valence-corrected chi connectivity index (χ1v) is 6.99. The SMILES string of the molecule is O=C(C1CCCCN1)N1C2CCC1CC(O)C2. The zero-order valence-corrected chi connectivity index (χ0v) is 10.3. The third kappa shape index (κ3) is 2.08. The first kappa shape index (κ1) is 11.5. The van der Waals surface area contributed by atoms with E-state index in [-0.39, 0.29) is 12.1 Å². The van der Waals surface area contributed by atoms with Crippen LogP contribution in [0.1, 0.15) is 44.9 Å². The van der Waals surface area contributed by atoms with Crippen LogP contribution >= 0.6 is 0 Å². The monoisotopic (exact) mass is 238 g/mol. The first-order valence-electron chi connectivity index (χ1n) is 6.99. The van der Waals surface area contributed by atoms with Crippen molar-refractivity contribution >= 4 is 5.91 Å². The summed E-state index contributed by atoms with van der Waals surface area (Å²) in [5.74, 6) is 0.295. The molecular weight excluding hydrogens is 216 g/mol. The fourth-order valence-electron chi connectivity index (χ4n) is 3.75. The number of hydrogen-bond acceptors (Lipinski definition) is 3. The summed E-state index contributed by atoms with van der Waals surface area (Å²) in [6.07, 6.45) is 6.89. The molecule has 0 spiro atoms. The number of hydrogen-bond donors (Lipinski definition) is 2. The summed E-state index contributed by atoms with van der Waals surface area (Å²) >= 11 is 0. The molecule has 3 rings (SSSR count). The number of nitrogens with one attached hydrogen (secondary N) is 1. The fourth-order valence-corrected chi connectivity index (χ4v) is 3.75. The number of aliphatic hydroxyl groups is 1. The molecule has 0 aromatic heterocycles. The molecule has 96 valence electrons. The molecule has 3 saturated heterocycles. The summed E-state index contributed by atoms with van der Waals surface area (Å²) in [5.41, 5.74) is 0. The van der Waals surface area contributed by atoms with Crippen LogP contribution in [-0.2, 0) is 4.79 Å². The summed E-state index contributed by atoms with van der Waals surface area (Å²) in [7, 11) is 0. The Morgan fingerprint density at radius 1 is 1.12 bits per heavy atom. The second-order valence-electron chi connectivity index (χ2n) is 5.76. The molecule has 2 N–H and O–H groups in total. The lowest BCUT2D eigenvalue weighted by molar-refractivity contribution is -0.140. The van der Waals surface area contributed by atoms with Gasteiger partial charge < -0.3 is 15.3 Å². The Morgan fingerprint density at radius 2 is 1.82 bits per heavy atom. The number of amides is 1. The van der Waals surface area contributed by atoms with Gasteiger partial charge in [-0.15, -0.1) is 0 Å². The minimum Gasteiger partial charge on any atom is -0.393 e. The van der Waals surface area contributed by atoms with E-state index in [1.165, 1.54) is 6.42 Å². The van der Waals surface area contributed by atoms with Crippen LogP contribution in [0.5, 0.6) is 0 Å². The van der Waals surface area contributed by atoms with Crippen molar-refractivity contribution in [1.29, 1.82) is 0 Å². The summed E-state index contributed by atoms with van der Waals surface area (Å²) in [4.78, 5) is 14.6. The van der Waals surface area contributed by atoms with E-state index < -0.39 is 0 Å². The van der Waals surface area contributed by atoms with E-state index in [2.05, 4.69) is 10.2 Å². The summed E-state index contributed by atoms with van der Waals surface area (Å²) < 4.78 is 0. The van der Waals surface area contributed by atoms with Gasteiger partial charge in [-0.05, 0) is 45.1 Å². The van der Waals surface area contributed by atoms with E-state index in [0.717, 1.165) is 45.1 Å². The average Bonchev–Trinajstić information content (AvgIpc) is 2.62. The van der Waals surface area contributed by atoms with Gasteiger partial charge in [0.25, 0.3) is 0 Å². The predicted octanol–water partition coefficient (Wildman–Crippen LogP) is 0.643. The highest BCUT2D eigenvalue weighted by atomic mass is 16.3. The third-order valence-corrected chi connectivity index (χ3v) is 4.57. The molecule has 3 heterocycles. The van der Waals surface area contributed by atoms with Gasteiger partial charge in [0.05, 0.1) is 12.1 Å². The van der Waals surface area contributed by atoms with Crippen LogP contribution in [-0.4, -0.2) is 46.7 Å². The molecule has 4 heteroatoms.